The molecule has 1 amide bonds. The summed E-state index contributed by atoms with van der Waals surface area (Å²) in [5.74, 6) is -0.122. The van der Waals surface area contributed by atoms with Crippen LogP contribution in [0.2, 0.25) is 0 Å². The molecular weight excluding hydrogens is 140 g/mol. The van der Waals surface area contributed by atoms with Gasteiger partial charge in [0.05, 0.1) is 0 Å². The molecule has 0 saturated carbocycles. The van der Waals surface area contributed by atoms with E-state index in [1.54, 1.807) is 30.1 Å². The Kier molecular flexibility index (Phi) is 2.49. The first-order valence-electron chi connectivity index (χ1n) is 3.39. The molecule has 3 heteroatoms. The van der Waals surface area contributed by atoms with Crippen LogP contribution in [0.3, 0.4) is 0 Å². The Labute approximate surface area is 65.3 Å². The molecule has 0 atom stereocenters. The lowest BCUT2D eigenvalue weighted by molar-refractivity contribution is -0.112. The zero-order chi connectivity index (χ0) is 8.10. The van der Waals surface area contributed by atoms with Gasteiger partial charge in [0.1, 0.15) is 0 Å². The monoisotopic (exact) mass is 150 g/mol. The number of aromatic nitrogens is 1. The van der Waals surface area contributed by atoms with Gasteiger partial charge in [0.2, 0.25) is 0 Å². The Morgan fingerprint density at radius 3 is 2.64 bits per heavy atom. The van der Waals surface area contributed by atoms with Gasteiger partial charge in [-0.3, -0.25) is 14.9 Å². The molecule has 0 aliphatic carbocycles. The number of hydrogen-bond donors (Lipinski definition) is 1. The minimum Gasteiger partial charge on any atom is -0.268 e. The van der Waals surface area contributed by atoms with Crippen LogP contribution in [0.5, 0.6) is 0 Å². The van der Waals surface area contributed by atoms with Crippen molar-refractivity contribution in [2.75, 3.05) is 5.43 Å². The van der Waals surface area contributed by atoms with Crippen molar-refractivity contribution >= 4 is 5.91 Å². The molecule has 1 N–H and O–H groups in total. The van der Waals surface area contributed by atoms with Crippen molar-refractivity contribution in [3.8, 4) is 0 Å². The summed E-state index contributed by atoms with van der Waals surface area (Å²) in [5, 5.41) is 0. The van der Waals surface area contributed by atoms with Gasteiger partial charge in [0.25, 0.3) is 5.91 Å². The van der Waals surface area contributed by atoms with Crippen LogP contribution in [0.4, 0.5) is 0 Å². The summed E-state index contributed by atoms with van der Waals surface area (Å²) < 4.78 is 1.60. The summed E-state index contributed by atoms with van der Waals surface area (Å²) in [6.45, 7) is 1.80. The van der Waals surface area contributed by atoms with Crippen LogP contribution < -0.4 is 5.43 Å². The Bertz CT molecular complexity index is 249. The molecule has 0 spiro atoms. The Hall–Kier alpha value is -1.51. The quantitative estimate of drug-likeness (QED) is 0.630. The molecule has 0 unspecified atom stereocenters. The summed E-state index contributed by atoms with van der Waals surface area (Å²) in [6.07, 6.45) is 6.70. The second-order valence-corrected chi connectivity index (χ2v) is 2.07. The van der Waals surface area contributed by atoms with Gasteiger partial charge < -0.3 is 0 Å². The first-order valence-corrected chi connectivity index (χ1v) is 3.39. The highest BCUT2D eigenvalue weighted by molar-refractivity contribution is 5.93. The van der Waals surface area contributed by atoms with Gasteiger partial charge in [-0.15, -0.1) is 0 Å². The molecule has 0 aliphatic heterocycles. The molecular formula is C8H10N2O. The smallest absolute Gasteiger partial charge is 0.262 e. The highest BCUT2D eigenvalue weighted by atomic mass is 16.2. The van der Waals surface area contributed by atoms with E-state index in [1.807, 2.05) is 12.1 Å². The molecule has 0 radical (unpaired) electrons. The van der Waals surface area contributed by atoms with Crippen molar-refractivity contribution in [2.45, 2.75) is 6.92 Å². The molecule has 58 valence electrons. The van der Waals surface area contributed by atoms with Crippen molar-refractivity contribution in [3.05, 3.63) is 36.7 Å². The average molecular weight is 150 g/mol. The number of carbonyl (C=O) groups excluding carboxylic acids is 1. The van der Waals surface area contributed by atoms with Crippen molar-refractivity contribution in [1.29, 1.82) is 0 Å². The van der Waals surface area contributed by atoms with E-state index < -0.39 is 0 Å². The Morgan fingerprint density at radius 1 is 1.45 bits per heavy atom. The molecule has 1 aromatic rings. The largest absolute Gasteiger partial charge is 0.268 e. The topological polar surface area (TPSA) is 34.0 Å². The Morgan fingerprint density at radius 2 is 2.09 bits per heavy atom. The first kappa shape index (κ1) is 7.60. The minimum atomic E-state index is -0.122. The van der Waals surface area contributed by atoms with Crippen molar-refractivity contribution in [2.24, 2.45) is 0 Å². The fourth-order valence-corrected chi connectivity index (χ4v) is 0.725. The predicted octanol–water partition coefficient (Wildman–Crippen LogP) is 1.13. The normalized spacial score (nSPS) is 10.3. The third-order valence-electron chi connectivity index (χ3n) is 1.16. The third kappa shape index (κ3) is 2.29. The maximum absolute atomic E-state index is 10.9. The van der Waals surface area contributed by atoms with E-state index in [0.717, 1.165) is 0 Å². The third-order valence-corrected chi connectivity index (χ3v) is 1.16. The highest BCUT2D eigenvalue weighted by Gasteiger charge is 1.91. The van der Waals surface area contributed by atoms with E-state index >= 15 is 0 Å². The predicted molar refractivity (Wildman–Crippen MR) is 43.6 cm³/mol. The molecule has 0 bridgehead atoms. The number of nitrogens with zero attached hydrogens (tertiary/aromatic N) is 1. The zero-order valence-electron chi connectivity index (χ0n) is 6.32. The van der Waals surface area contributed by atoms with E-state index in [0.29, 0.717) is 0 Å². The number of allylic oxidation sites excluding steroid dienone is 1. The van der Waals surface area contributed by atoms with E-state index in [1.165, 1.54) is 6.08 Å². The zero-order valence-corrected chi connectivity index (χ0v) is 6.32. The van der Waals surface area contributed by atoms with Gasteiger partial charge in [0.15, 0.2) is 0 Å². The number of hydrogen-bond acceptors (Lipinski definition) is 1. The highest BCUT2D eigenvalue weighted by Crippen LogP contribution is 1.85. The molecule has 0 aliphatic rings. The van der Waals surface area contributed by atoms with Crippen LogP contribution in [0.25, 0.3) is 0 Å². The maximum atomic E-state index is 10.9. The van der Waals surface area contributed by atoms with Gasteiger partial charge in [-0.1, -0.05) is 6.08 Å². The van der Waals surface area contributed by atoms with E-state index in [9.17, 15) is 4.79 Å². The van der Waals surface area contributed by atoms with Gasteiger partial charge in [-0.2, -0.15) is 0 Å². The van der Waals surface area contributed by atoms with Gasteiger partial charge in [-0.25, -0.2) is 0 Å². The second kappa shape index (κ2) is 3.61. The van der Waals surface area contributed by atoms with Crippen molar-refractivity contribution < 1.29 is 4.79 Å². The van der Waals surface area contributed by atoms with Crippen LogP contribution >= 0.6 is 0 Å². The number of amides is 1. The second-order valence-electron chi connectivity index (χ2n) is 2.07. The molecule has 0 aromatic carbocycles. The van der Waals surface area contributed by atoms with Gasteiger partial charge in [0, 0.05) is 18.5 Å². The minimum absolute atomic E-state index is 0.122. The van der Waals surface area contributed by atoms with Gasteiger partial charge >= 0.3 is 0 Å². The lowest BCUT2D eigenvalue weighted by Crippen LogP contribution is -2.18. The maximum Gasteiger partial charge on any atom is 0.262 e. The van der Waals surface area contributed by atoms with E-state index in [4.69, 9.17) is 0 Å². The lowest BCUT2D eigenvalue weighted by Gasteiger charge is -2.00. The molecule has 3 nitrogen and oxygen atoms in total. The van der Waals surface area contributed by atoms with Crippen LogP contribution in [-0.2, 0) is 4.79 Å². The summed E-state index contributed by atoms with van der Waals surface area (Å²) in [7, 11) is 0. The standard InChI is InChI=1S/C8H10N2O/c1-2-5-8(11)9-10-6-3-4-7-10/h2-7H,1H3,(H,9,11)/b5-2+. The summed E-state index contributed by atoms with van der Waals surface area (Å²) >= 11 is 0. The molecule has 0 saturated heterocycles. The summed E-state index contributed by atoms with van der Waals surface area (Å²) in [4.78, 5) is 10.9. The molecule has 1 rings (SSSR count). The Balaban J connectivity index is 2.50. The summed E-state index contributed by atoms with van der Waals surface area (Å²) in [6, 6.07) is 3.69. The number of rotatable bonds is 2. The van der Waals surface area contributed by atoms with Crippen molar-refractivity contribution in [1.82, 2.24) is 4.68 Å². The van der Waals surface area contributed by atoms with E-state index in [2.05, 4.69) is 5.43 Å². The average Bonchev–Trinajstić information content (AvgIpc) is 2.40. The fourth-order valence-electron chi connectivity index (χ4n) is 0.725. The number of nitrogens with one attached hydrogen (secondary N) is 1. The molecule has 1 aromatic heterocycles. The van der Waals surface area contributed by atoms with Crippen LogP contribution in [-0.4, -0.2) is 10.6 Å². The van der Waals surface area contributed by atoms with Crippen LogP contribution in [0.15, 0.2) is 36.7 Å². The van der Waals surface area contributed by atoms with Crippen molar-refractivity contribution in [3.63, 3.8) is 0 Å². The SMILES string of the molecule is C/C=C/C(=O)Nn1cccc1. The molecule has 11 heavy (non-hydrogen) atoms. The van der Waals surface area contributed by atoms with E-state index in [-0.39, 0.29) is 5.91 Å². The van der Waals surface area contributed by atoms with Crippen LogP contribution in [0.1, 0.15) is 6.92 Å². The summed E-state index contributed by atoms with van der Waals surface area (Å²) in [5.41, 5.74) is 2.61. The first-order chi connectivity index (χ1) is 5.33. The van der Waals surface area contributed by atoms with Crippen LogP contribution in [0, 0.1) is 0 Å². The fraction of sp³-hybridized carbons (Fsp3) is 0.125. The molecule has 0 fully saturated rings. The molecule has 1 heterocycles. The number of carbonyl (C=O) groups is 1. The van der Waals surface area contributed by atoms with Gasteiger partial charge in [-0.05, 0) is 19.1 Å². The lowest BCUT2D eigenvalue weighted by atomic mass is 10.5.